The van der Waals surface area contributed by atoms with E-state index in [2.05, 4.69) is 11.1 Å². The zero-order valence-corrected chi connectivity index (χ0v) is 8.13. The van der Waals surface area contributed by atoms with Crippen molar-refractivity contribution in [3.63, 3.8) is 0 Å². The Morgan fingerprint density at radius 2 is 2.00 bits per heavy atom. The van der Waals surface area contributed by atoms with Gasteiger partial charge in [-0.15, -0.1) is 16.0 Å². The van der Waals surface area contributed by atoms with Crippen LogP contribution in [0.5, 0.6) is 0 Å². The second-order valence-corrected chi connectivity index (χ2v) is 3.30. The van der Waals surface area contributed by atoms with Crippen LogP contribution in [-0.4, -0.2) is 11.5 Å². The second kappa shape index (κ2) is 8.85. The molecule has 0 saturated carbocycles. The molecule has 0 rings (SSSR count). The minimum Gasteiger partial charge on any atom is -0.133 e. The standard InChI is InChI=1S/C8H15O3P/c1-2-3-4-5-6-7-8-11-12(9)10/h2H,1,3-8H2/p+1. The van der Waals surface area contributed by atoms with E-state index in [0.29, 0.717) is 6.61 Å². The van der Waals surface area contributed by atoms with Crippen molar-refractivity contribution in [3.05, 3.63) is 12.7 Å². The van der Waals surface area contributed by atoms with E-state index in [1.54, 1.807) is 0 Å². The van der Waals surface area contributed by atoms with Gasteiger partial charge in [0.15, 0.2) is 0 Å². The van der Waals surface area contributed by atoms with E-state index in [9.17, 15) is 4.57 Å². The quantitative estimate of drug-likeness (QED) is 0.364. The lowest BCUT2D eigenvalue weighted by atomic mass is 10.1. The molecular weight excluding hydrogens is 175 g/mol. The van der Waals surface area contributed by atoms with E-state index in [-0.39, 0.29) is 0 Å². The van der Waals surface area contributed by atoms with Crippen LogP contribution < -0.4 is 0 Å². The molecule has 0 aromatic rings. The third-order valence-electron chi connectivity index (χ3n) is 1.50. The number of rotatable bonds is 8. The first-order chi connectivity index (χ1) is 5.77. The van der Waals surface area contributed by atoms with Crippen molar-refractivity contribution >= 4 is 8.25 Å². The molecule has 1 unspecified atom stereocenters. The topological polar surface area (TPSA) is 46.5 Å². The Labute approximate surface area is 74.4 Å². The van der Waals surface area contributed by atoms with Crippen LogP contribution in [0, 0.1) is 0 Å². The molecule has 0 aromatic heterocycles. The molecule has 1 atom stereocenters. The van der Waals surface area contributed by atoms with E-state index in [1.165, 1.54) is 0 Å². The summed E-state index contributed by atoms with van der Waals surface area (Å²) < 4.78 is 14.5. The molecule has 0 aromatic carbocycles. The average molecular weight is 191 g/mol. The predicted molar refractivity (Wildman–Crippen MR) is 49.1 cm³/mol. The fourth-order valence-electron chi connectivity index (χ4n) is 0.887. The lowest BCUT2D eigenvalue weighted by Gasteiger charge is -1.94. The zero-order chi connectivity index (χ0) is 9.23. The smallest absolute Gasteiger partial charge is 0.133 e. The lowest BCUT2D eigenvalue weighted by molar-refractivity contribution is 0.273. The van der Waals surface area contributed by atoms with Crippen LogP contribution in [0.25, 0.3) is 0 Å². The van der Waals surface area contributed by atoms with Crippen molar-refractivity contribution < 1.29 is 14.0 Å². The van der Waals surface area contributed by atoms with Crippen LogP contribution in [0.15, 0.2) is 12.7 Å². The van der Waals surface area contributed by atoms with Gasteiger partial charge in [-0.05, 0) is 19.3 Å². The third kappa shape index (κ3) is 9.76. The zero-order valence-electron chi connectivity index (χ0n) is 7.24. The van der Waals surface area contributed by atoms with Crippen molar-refractivity contribution in [1.29, 1.82) is 0 Å². The summed E-state index contributed by atoms with van der Waals surface area (Å²) in [5.74, 6) is 0. The van der Waals surface area contributed by atoms with Crippen molar-refractivity contribution in [1.82, 2.24) is 0 Å². The van der Waals surface area contributed by atoms with Gasteiger partial charge >= 0.3 is 8.25 Å². The second-order valence-electron chi connectivity index (χ2n) is 2.56. The minimum atomic E-state index is -2.39. The Morgan fingerprint density at radius 3 is 2.58 bits per heavy atom. The van der Waals surface area contributed by atoms with Crippen LogP contribution in [0.1, 0.15) is 32.1 Å². The van der Waals surface area contributed by atoms with Crippen LogP contribution in [0.4, 0.5) is 0 Å². The van der Waals surface area contributed by atoms with Crippen molar-refractivity contribution in [2.75, 3.05) is 6.61 Å². The highest BCUT2D eigenvalue weighted by molar-refractivity contribution is 7.32. The fourth-order valence-corrected chi connectivity index (χ4v) is 1.17. The van der Waals surface area contributed by atoms with Gasteiger partial charge in [-0.25, -0.2) is 0 Å². The molecule has 0 spiro atoms. The minimum absolute atomic E-state index is 0.389. The van der Waals surface area contributed by atoms with Gasteiger partial charge in [-0.1, -0.05) is 18.9 Å². The van der Waals surface area contributed by atoms with E-state index >= 15 is 0 Å². The molecule has 3 nitrogen and oxygen atoms in total. The Balaban J connectivity index is 2.90. The van der Waals surface area contributed by atoms with Crippen LogP contribution >= 0.6 is 8.25 Å². The molecule has 0 aliphatic heterocycles. The Morgan fingerprint density at radius 1 is 1.33 bits per heavy atom. The maximum Gasteiger partial charge on any atom is 0.694 e. The molecule has 0 fully saturated rings. The third-order valence-corrected chi connectivity index (χ3v) is 1.91. The van der Waals surface area contributed by atoms with Crippen LogP contribution in [0.2, 0.25) is 0 Å². The first kappa shape index (κ1) is 11.8. The number of hydrogen-bond donors (Lipinski definition) is 1. The van der Waals surface area contributed by atoms with Crippen LogP contribution in [0.3, 0.4) is 0 Å². The van der Waals surface area contributed by atoms with Gasteiger partial charge in [-0.3, -0.25) is 0 Å². The van der Waals surface area contributed by atoms with E-state index in [1.807, 2.05) is 6.08 Å². The highest BCUT2D eigenvalue weighted by atomic mass is 31.1. The van der Waals surface area contributed by atoms with Gasteiger partial charge in [0.25, 0.3) is 0 Å². The molecule has 0 bridgehead atoms. The Kier molecular flexibility index (Phi) is 8.68. The molecule has 0 amide bonds. The summed E-state index contributed by atoms with van der Waals surface area (Å²) in [4.78, 5) is 8.27. The SMILES string of the molecule is C=CCCCCCCO[P+](=O)O. The summed E-state index contributed by atoms with van der Waals surface area (Å²) in [6, 6.07) is 0. The molecule has 0 radical (unpaired) electrons. The van der Waals surface area contributed by atoms with Gasteiger partial charge in [0.2, 0.25) is 0 Å². The number of allylic oxidation sites excluding steroid dienone is 1. The van der Waals surface area contributed by atoms with Crippen LogP contribution in [-0.2, 0) is 9.09 Å². The van der Waals surface area contributed by atoms with Gasteiger partial charge in [0.1, 0.15) is 6.61 Å². The number of unbranched alkanes of at least 4 members (excludes halogenated alkanes) is 4. The monoisotopic (exact) mass is 191 g/mol. The summed E-state index contributed by atoms with van der Waals surface area (Å²) in [6.07, 6.45) is 7.15. The fraction of sp³-hybridized carbons (Fsp3) is 0.750. The first-order valence-electron chi connectivity index (χ1n) is 4.17. The summed E-state index contributed by atoms with van der Waals surface area (Å²) in [5, 5.41) is 0. The summed E-state index contributed by atoms with van der Waals surface area (Å²) in [7, 11) is -2.39. The maximum atomic E-state index is 10.0. The molecule has 0 aliphatic rings. The summed E-state index contributed by atoms with van der Waals surface area (Å²) in [6.45, 7) is 4.01. The summed E-state index contributed by atoms with van der Waals surface area (Å²) in [5.41, 5.74) is 0. The van der Waals surface area contributed by atoms with Gasteiger partial charge < -0.3 is 0 Å². The van der Waals surface area contributed by atoms with Gasteiger partial charge in [0, 0.05) is 4.57 Å². The number of hydrogen-bond acceptors (Lipinski definition) is 2. The molecule has 0 heterocycles. The lowest BCUT2D eigenvalue weighted by Crippen LogP contribution is -1.86. The Hall–Kier alpha value is -0.240. The largest absolute Gasteiger partial charge is 0.694 e. The highest BCUT2D eigenvalue weighted by Crippen LogP contribution is 2.15. The predicted octanol–water partition coefficient (Wildman–Crippen LogP) is 2.79. The maximum absolute atomic E-state index is 10.0. The van der Waals surface area contributed by atoms with Crippen molar-refractivity contribution in [2.24, 2.45) is 0 Å². The molecule has 4 heteroatoms. The normalized spacial score (nSPS) is 11.2. The van der Waals surface area contributed by atoms with E-state index < -0.39 is 8.25 Å². The first-order valence-corrected chi connectivity index (χ1v) is 5.30. The molecule has 70 valence electrons. The molecule has 0 aliphatic carbocycles. The molecule has 1 N–H and O–H groups in total. The van der Waals surface area contributed by atoms with Crippen molar-refractivity contribution in [3.8, 4) is 0 Å². The average Bonchev–Trinajstić information content (AvgIpc) is 2.02. The molecule has 0 saturated heterocycles. The van der Waals surface area contributed by atoms with Crippen molar-refractivity contribution in [2.45, 2.75) is 32.1 Å². The molecule has 12 heavy (non-hydrogen) atoms. The summed E-state index contributed by atoms with van der Waals surface area (Å²) >= 11 is 0. The molecular formula is C8H16O3P+. The van der Waals surface area contributed by atoms with E-state index in [0.717, 1.165) is 32.1 Å². The van der Waals surface area contributed by atoms with E-state index in [4.69, 9.17) is 4.89 Å². The highest BCUT2D eigenvalue weighted by Gasteiger charge is 2.09. The van der Waals surface area contributed by atoms with Gasteiger partial charge in [-0.2, -0.15) is 0 Å². The van der Waals surface area contributed by atoms with Gasteiger partial charge in [0.05, 0.1) is 0 Å². The Bertz CT molecular complexity index is 136.